The highest BCUT2D eigenvalue weighted by atomic mass is 32.1. The monoisotopic (exact) mass is 452 g/mol. The van der Waals surface area contributed by atoms with Crippen molar-refractivity contribution in [3.63, 3.8) is 0 Å². The van der Waals surface area contributed by atoms with Crippen LogP contribution >= 0.6 is 11.3 Å². The van der Waals surface area contributed by atoms with E-state index in [2.05, 4.69) is 15.6 Å². The van der Waals surface area contributed by atoms with Crippen molar-refractivity contribution in [2.45, 2.75) is 33.0 Å². The number of thiophene rings is 1. The summed E-state index contributed by atoms with van der Waals surface area (Å²) in [5.41, 5.74) is -1.02. The van der Waals surface area contributed by atoms with Gasteiger partial charge in [-0.15, -0.1) is 11.3 Å². The fourth-order valence-corrected chi connectivity index (χ4v) is 3.96. The van der Waals surface area contributed by atoms with E-state index in [1.165, 1.54) is 18.5 Å². The molecule has 2 heterocycles. The van der Waals surface area contributed by atoms with Crippen LogP contribution in [0.4, 0.5) is 18.9 Å². The van der Waals surface area contributed by atoms with Crippen molar-refractivity contribution >= 4 is 39.1 Å². The Morgan fingerprint density at radius 1 is 1.26 bits per heavy atom. The van der Waals surface area contributed by atoms with Gasteiger partial charge in [-0.25, -0.2) is 4.98 Å². The third-order valence-electron chi connectivity index (χ3n) is 4.46. The molecule has 11 heteroatoms. The molecule has 0 aliphatic heterocycles. The van der Waals surface area contributed by atoms with Gasteiger partial charge in [-0.3, -0.25) is 19.0 Å². The molecule has 0 unspecified atom stereocenters. The molecule has 3 aromatic rings. The minimum Gasteiger partial charge on any atom is -0.355 e. The van der Waals surface area contributed by atoms with Crippen LogP contribution in [0, 0.1) is 6.92 Å². The second-order valence-corrected chi connectivity index (χ2v) is 7.80. The summed E-state index contributed by atoms with van der Waals surface area (Å²) in [4.78, 5) is 42.0. The number of aromatic nitrogens is 2. The Morgan fingerprint density at radius 3 is 2.68 bits per heavy atom. The zero-order valence-corrected chi connectivity index (χ0v) is 17.5. The first-order valence-electron chi connectivity index (χ1n) is 9.35. The molecule has 0 atom stereocenters. The summed E-state index contributed by atoms with van der Waals surface area (Å²) in [6, 6.07) is 4.28. The van der Waals surface area contributed by atoms with E-state index in [1.807, 2.05) is 6.92 Å². The number of fused-ring (bicyclic) bond motifs is 1. The van der Waals surface area contributed by atoms with E-state index >= 15 is 0 Å². The molecule has 0 aliphatic rings. The molecule has 164 valence electrons. The van der Waals surface area contributed by atoms with Gasteiger partial charge < -0.3 is 10.6 Å². The predicted octanol–water partition coefficient (Wildman–Crippen LogP) is 3.56. The number of hydrogen-bond donors (Lipinski definition) is 2. The molecule has 7 nitrogen and oxygen atoms in total. The van der Waals surface area contributed by atoms with E-state index in [-0.39, 0.29) is 28.4 Å². The van der Waals surface area contributed by atoms with Gasteiger partial charge in [-0.2, -0.15) is 13.2 Å². The van der Waals surface area contributed by atoms with Crippen LogP contribution in [0.5, 0.6) is 0 Å². The summed E-state index contributed by atoms with van der Waals surface area (Å²) in [5, 5.41) is 5.30. The third kappa shape index (κ3) is 4.93. The highest BCUT2D eigenvalue weighted by molar-refractivity contribution is 7.20. The first kappa shape index (κ1) is 22.5. The molecule has 0 saturated carbocycles. The van der Waals surface area contributed by atoms with Gasteiger partial charge in [0.05, 0.1) is 22.2 Å². The minimum absolute atomic E-state index is 0.0188. The van der Waals surface area contributed by atoms with Crippen LogP contribution in [0.2, 0.25) is 0 Å². The molecule has 0 radical (unpaired) electrons. The SMILES string of the molecule is CCCNC(=O)Cn1cnc2sc(C(=O)Nc3cccc(C(F)(F)F)c3)c(C)c2c1=O. The Bertz CT molecular complexity index is 1200. The molecule has 0 aliphatic carbocycles. The predicted molar refractivity (Wildman–Crippen MR) is 111 cm³/mol. The van der Waals surface area contributed by atoms with E-state index in [0.29, 0.717) is 16.9 Å². The topological polar surface area (TPSA) is 93.1 Å². The summed E-state index contributed by atoms with van der Waals surface area (Å²) in [7, 11) is 0. The van der Waals surface area contributed by atoms with Gasteiger partial charge in [0.25, 0.3) is 11.5 Å². The van der Waals surface area contributed by atoms with Crippen LogP contribution in [-0.4, -0.2) is 27.9 Å². The average Bonchev–Trinajstić information content (AvgIpc) is 3.05. The molecule has 0 saturated heterocycles. The summed E-state index contributed by atoms with van der Waals surface area (Å²) in [5.74, 6) is -0.980. The van der Waals surface area contributed by atoms with Gasteiger partial charge in [0.2, 0.25) is 5.91 Å². The number of benzene rings is 1. The highest BCUT2D eigenvalue weighted by Gasteiger charge is 2.30. The number of nitrogens with zero attached hydrogens (tertiary/aromatic N) is 2. The lowest BCUT2D eigenvalue weighted by molar-refractivity contribution is -0.137. The Kier molecular flexibility index (Phi) is 6.44. The van der Waals surface area contributed by atoms with Crippen molar-refractivity contribution in [2.24, 2.45) is 0 Å². The van der Waals surface area contributed by atoms with E-state index in [1.54, 1.807) is 6.92 Å². The van der Waals surface area contributed by atoms with E-state index < -0.39 is 23.2 Å². The van der Waals surface area contributed by atoms with Crippen LogP contribution in [0.3, 0.4) is 0 Å². The fraction of sp³-hybridized carbons (Fsp3) is 0.300. The van der Waals surface area contributed by atoms with Gasteiger partial charge in [0.1, 0.15) is 11.4 Å². The van der Waals surface area contributed by atoms with Gasteiger partial charge in [0, 0.05) is 12.2 Å². The maximum Gasteiger partial charge on any atom is 0.416 e. The standard InChI is InChI=1S/C20H19F3N4O3S/c1-3-7-24-14(28)9-27-10-25-18-15(19(27)30)11(2)16(31-18)17(29)26-13-6-4-5-12(8-13)20(21,22)23/h4-6,8,10H,3,7,9H2,1-2H3,(H,24,28)(H,26,29). The lowest BCUT2D eigenvalue weighted by Crippen LogP contribution is -2.32. The first-order chi connectivity index (χ1) is 14.6. The van der Waals surface area contributed by atoms with E-state index in [0.717, 1.165) is 34.5 Å². The normalized spacial score (nSPS) is 11.5. The van der Waals surface area contributed by atoms with Gasteiger partial charge in [0.15, 0.2) is 0 Å². The maximum absolute atomic E-state index is 12.9. The Balaban J connectivity index is 1.89. The Hall–Kier alpha value is -3.21. The molecule has 1 aromatic carbocycles. The van der Waals surface area contributed by atoms with Crippen LogP contribution in [-0.2, 0) is 17.5 Å². The summed E-state index contributed by atoms with van der Waals surface area (Å²) in [6.07, 6.45) is -2.54. The second kappa shape index (κ2) is 8.88. The molecule has 2 amide bonds. The second-order valence-electron chi connectivity index (χ2n) is 6.80. The number of halogens is 3. The Labute approximate surface area is 178 Å². The number of alkyl halides is 3. The average molecular weight is 452 g/mol. The lowest BCUT2D eigenvalue weighted by Gasteiger charge is -2.09. The number of aryl methyl sites for hydroxylation is 1. The molecular formula is C20H19F3N4O3S. The van der Waals surface area contributed by atoms with Crippen molar-refractivity contribution in [3.05, 3.63) is 57.0 Å². The molecule has 0 fully saturated rings. The van der Waals surface area contributed by atoms with Crippen LogP contribution in [0.25, 0.3) is 10.2 Å². The molecule has 3 rings (SSSR count). The van der Waals surface area contributed by atoms with Crippen molar-refractivity contribution in [1.82, 2.24) is 14.9 Å². The molecule has 2 N–H and O–H groups in total. The molecule has 31 heavy (non-hydrogen) atoms. The highest BCUT2D eigenvalue weighted by Crippen LogP contribution is 2.31. The van der Waals surface area contributed by atoms with Crippen LogP contribution in [0.15, 0.2) is 35.4 Å². The number of anilines is 1. The zero-order chi connectivity index (χ0) is 22.8. The van der Waals surface area contributed by atoms with Gasteiger partial charge in [-0.1, -0.05) is 13.0 Å². The van der Waals surface area contributed by atoms with Gasteiger partial charge in [-0.05, 0) is 37.1 Å². The Morgan fingerprint density at radius 2 is 2.00 bits per heavy atom. The fourth-order valence-electron chi connectivity index (χ4n) is 2.92. The molecule has 0 bridgehead atoms. The third-order valence-corrected chi connectivity index (χ3v) is 5.66. The van der Waals surface area contributed by atoms with E-state index in [4.69, 9.17) is 0 Å². The zero-order valence-electron chi connectivity index (χ0n) is 16.7. The van der Waals surface area contributed by atoms with Crippen molar-refractivity contribution in [3.8, 4) is 0 Å². The lowest BCUT2D eigenvalue weighted by atomic mass is 10.1. The van der Waals surface area contributed by atoms with Crippen molar-refractivity contribution in [1.29, 1.82) is 0 Å². The number of rotatable bonds is 6. The smallest absolute Gasteiger partial charge is 0.355 e. The van der Waals surface area contributed by atoms with Crippen molar-refractivity contribution < 1.29 is 22.8 Å². The number of nitrogens with one attached hydrogen (secondary N) is 2. The molecule has 2 aromatic heterocycles. The summed E-state index contributed by atoms with van der Waals surface area (Å²) >= 11 is 0.957. The van der Waals surface area contributed by atoms with Crippen molar-refractivity contribution in [2.75, 3.05) is 11.9 Å². The number of amides is 2. The van der Waals surface area contributed by atoms with E-state index in [9.17, 15) is 27.6 Å². The number of hydrogen-bond acceptors (Lipinski definition) is 5. The number of carbonyl (C=O) groups excluding carboxylic acids is 2. The number of carbonyl (C=O) groups is 2. The summed E-state index contributed by atoms with van der Waals surface area (Å²) in [6.45, 7) is 3.74. The maximum atomic E-state index is 12.9. The van der Waals surface area contributed by atoms with Crippen LogP contribution < -0.4 is 16.2 Å². The van der Waals surface area contributed by atoms with Gasteiger partial charge >= 0.3 is 6.18 Å². The quantitative estimate of drug-likeness (QED) is 0.598. The largest absolute Gasteiger partial charge is 0.416 e. The first-order valence-corrected chi connectivity index (χ1v) is 10.2. The molecule has 0 spiro atoms. The van der Waals surface area contributed by atoms with Crippen LogP contribution in [0.1, 0.15) is 34.1 Å². The summed E-state index contributed by atoms with van der Waals surface area (Å²) < 4.78 is 39.8. The molecular weight excluding hydrogens is 433 g/mol. The minimum atomic E-state index is -4.54.